The van der Waals surface area contributed by atoms with Crippen molar-refractivity contribution in [2.75, 3.05) is 53.4 Å². The molecule has 54 heavy (non-hydrogen) atoms. The molecule has 300 valence electrons. The lowest BCUT2D eigenvalue weighted by molar-refractivity contribution is -0.183. The number of methoxy groups -OCH3 is 1. The van der Waals surface area contributed by atoms with Crippen molar-refractivity contribution in [3.63, 3.8) is 0 Å². The number of ether oxygens (including phenoxy) is 1. The lowest BCUT2D eigenvalue weighted by atomic mass is 9.45. The zero-order valence-corrected chi connectivity index (χ0v) is 34.1. The van der Waals surface area contributed by atoms with Crippen LogP contribution >= 0.6 is 0 Å². The van der Waals surface area contributed by atoms with E-state index in [4.69, 9.17) is 9.57 Å². The number of benzene rings is 2. The Labute approximate surface area is 321 Å². The maximum Gasteiger partial charge on any atom is 0.251 e. The van der Waals surface area contributed by atoms with Gasteiger partial charge in [-0.15, -0.1) is 0 Å². The number of hydroxylamine groups is 2. The van der Waals surface area contributed by atoms with Crippen LogP contribution in [0.5, 0.6) is 5.75 Å². The molecule has 0 unspecified atom stereocenters. The lowest BCUT2D eigenvalue weighted by Gasteiger charge is -2.62. The van der Waals surface area contributed by atoms with Crippen LogP contribution in [0.3, 0.4) is 0 Å². The van der Waals surface area contributed by atoms with E-state index in [1.54, 1.807) is 19.1 Å². The first-order valence-corrected chi connectivity index (χ1v) is 19.5. The molecule has 6 rings (SSSR count). The number of aliphatic hydroxyl groups excluding tert-OH is 2. The van der Waals surface area contributed by atoms with E-state index in [1.807, 2.05) is 45.2 Å². The molecule has 3 saturated carbocycles. The van der Waals surface area contributed by atoms with E-state index in [9.17, 15) is 19.8 Å². The summed E-state index contributed by atoms with van der Waals surface area (Å²) in [5, 5.41) is 29.2. The van der Waals surface area contributed by atoms with Gasteiger partial charge in [0, 0.05) is 61.0 Å². The Kier molecular flexibility index (Phi) is 13.0. The molecule has 4 fully saturated rings. The first kappa shape index (κ1) is 41.9. The molecule has 2 amide bonds. The summed E-state index contributed by atoms with van der Waals surface area (Å²) in [6.45, 7) is 12.7. The van der Waals surface area contributed by atoms with Crippen LogP contribution in [0.15, 0.2) is 30.3 Å². The number of fused-ring (bicyclic) bond motifs is 2. The predicted molar refractivity (Wildman–Crippen MR) is 210 cm³/mol. The summed E-state index contributed by atoms with van der Waals surface area (Å²) in [5.74, 6) is 0.0773. The highest BCUT2D eigenvalue weighted by Gasteiger charge is 2.57. The summed E-state index contributed by atoms with van der Waals surface area (Å²) in [7, 11) is 9.22. The molecule has 2 bridgehead atoms. The van der Waals surface area contributed by atoms with E-state index in [2.05, 4.69) is 50.2 Å². The van der Waals surface area contributed by atoms with Gasteiger partial charge in [-0.25, -0.2) is 4.39 Å². The van der Waals surface area contributed by atoms with Crippen molar-refractivity contribution in [1.29, 1.82) is 0 Å². The van der Waals surface area contributed by atoms with E-state index < -0.39 is 36.6 Å². The minimum atomic E-state index is -0.998. The Bertz CT molecular complexity index is 1640. The van der Waals surface area contributed by atoms with Crippen molar-refractivity contribution >= 4 is 17.5 Å². The fraction of sp³-hybridized carbons (Fsp3) is 0.667. The van der Waals surface area contributed by atoms with Crippen LogP contribution in [0, 0.1) is 40.8 Å². The smallest absolute Gasteiger partial charge is 0.251 e. The number of likely N-dealkylation sites (N-methyl/N-ethyl adjacent to an activating group) is 1. The van der Waals surface area contributed by atoms with E-state index in [0.29, 0.717) is 41.0 Å². The van der Waals surface area contributed by atoms with Crippen LogP contribution in [-0.2, 0) is 16.2 Å². The maximum absolute atomic E-state index is 16.0. The van der Waals surface area contributed by atoms with Crippen molar-refractivity contribution < 1.29 is 33.8 Å². The molecule has 1 aliphatic heterocycles. The highest BCUT2D eigenvalue weighted by atomic mass is 19.1. The summed E-state index contributed by atoms with van der Waals surface area (Å²) in [6.07, 6.45) is 0.989. The molecule has 2 aromatic rings. The quantitative estimate of drug-likeness (QED) is 0.200. The Hall–Kier alpha value is -3.29. The molecule has 0 aromatic heterocycles. The van der Waals surface area contributed by atoms with E-state index >= 15 is 4.39 Å². The molecule has 0 radical (unpaired) electrons. The second-order valence-electron chi connectivity index (χ2n) is 17.6. The van der Waals surface area contributed by atoms with Crippen LogP contribution in [0.2, 0.25) is 0 Å². The fourth-order valence-corrected chi connectivity index (χ4v) is 9.47. The van der Waals surface area contributed by atoms with Gasteiger partial charge in [0.15, 0.2) is 0 Å². The van der Waals surface area contributed by atoms with Crippen molar-refractivity contribution in [2.45, 2.75) is 97.7 Å². The van der Waals surface area contributed by atoms with Gasteiger partial charge in [0.25, 0.3) is 5.91 Å². The maximum atomic E-state index is 16.0. The van der Waals surface area contributed by atoms with E-state index in [0.717, 1.165) is 24.9 Å². The number of carbonyl (C=O) groups is 2. The van der Waals surface area contributed by atoms with Gasteiger partial charge in [-0.1, -0.05) is 34.6 Å². The predicted octanol–water partition coefficient (Wildman–Crippen LogP) is 4.93. The minimum Gasteiger partial charge on any atom is -0.496 e. The van der Waals surface area contributed by atoms with Gasteiger partial charge < -0.3 is 35.4 Å². The number of amides is 2. The number of carbonyl (C=O) groups excluding carboxylic acids is 2. The normalized spacial score (nSPS) is 27.4. The molecular formula is C42H64FN5O6. The summed E-state index contributed by atoms with van der Waals surface area (Å²) in [5.41, 5.74) is 2.83. The Morgan fingerprint density at radius 1 is 1.11 bits per heavy atom. The number of anilines is 1. The van der Waals surface area contributed by atoms with Gasteiger partial charge in [-0.3, -0.25) is 14.4 Å². The number of rotatable bonds is 15. The van der Waals surface area contributed by atoms with Gasteiger partial charge in [-0.2, -0.15) is 5.06 Å². The molecule has 1 heterocycles. The number of halogens is 1. The topological polar surface area (TPSA) is 127 Å². The Balaban J connectivity index is 1.48. The van der Waals surface area contributed by atoms with Gasteiger partial charge in [-0.05, 0) is 105 Å². The van der Waals surface area contributed by atoms with E-state index in [1.165, 1.54) is 18.2 Å². The lowest BCUT2D eigenvalue weighted by Crippen LogP contribution is -2.62. The largest absolute Gasteiger partial charge is 0.496 e. The van der Waals surface area contributed by atoms with Gasteiger partial charge in [0.2, 0.25) is 5.91 Å². The second kappa shape index (κ2) is 16.8. The average molecular weight is 754 g/mol. The fourth-order valence-electron chi connectivity index (χ4n) is 9.47. The highest BCUT2D eigenvalue weighted by molar-refractivity contribution is 5.97. The molecule has 9 atom stereocenters. The summed E-state index contributed by atoms with van der Waals surface area (Å²) < 4.78 is 22.0. The van der Waals surface area contributed by atoms with Crippen molar-refractivity contribution in [1.82, 2.24) is 20.6 Å². The third kappa shape index (κ3) is 8.58. The van der Waals surface area contributed by atoms with Gasteiger partial charge >= 0.3 is 0 Å². The van der Waals surface area contributed by atoms with Crippen molar-refractivity contribution in [2.24, 2.45) is 35.0 Å². The van der Waals surface area contributed by atoms with Gasteiger partial charge in [0.1, 0.15) is 23.7 Å². The minimum absolute atomic E-state index is 0.0348. The Morgan fingerprint density at radius 3 is 2.37 bits per heavy atom. The first-order valence-electron chi connectivity index (χ1n) is 19.5. The average Bonchev–Trinajstić information content (AvgIpc) is 3.47. The van der Waals surface area contributed by atoms with Crippen LogP contribution in [-0.4, -0.2) is 111 Å². The molecule has 1 saturated heterocycles. The monoisotopic (exact) mass is 753 g/mol. The molecule has 2 aromatic carbocycles. The van der Waals surface area contributed by atoms with Crippen LogP contribution in [0.1, 0.15) is 76.7 Å². The van der Waals surface area contributed by atoms with Crippen molar-refractivity contribution in [3.8, 4) is 16.9 Å². The number of aliphatic hydroxyl groups is 2. The van der Waals surface area contributed by atoms with Crippen LogP contribution in [0.25, 0.3) is 11.1 Å². The molecule has 12 heteroatoms. The number of hydrogen-bond donors (Lipinski definition) is 4. The second-order valence-corrected chi connectivity index (χ2v) is 17.6. The number of nitrogens with one attached hydrogen (secondary N) is 2. The van der Waals surface area contributed by atoms with Crippen LogP contribution in [0.4, 0.5) is 10.1 Å². The van der Waals surface area contributed by atoms with Crippen LogP contribution < -0.4 is 20.3 Å². The molecule has 11 nitrogen and oxygen atoms in total. The first-order chi connectivity index (χ1) is 25.4. The molecule has 0 spiro atoms. The molecule has 4 aliphatic rings. The molecular weight excluding hydrogens is 689 g/mol. The number of hydrogen-bond acceptors (Lipinski definition) is 9. The van der Waals surface area contributed by atoms with Crippen molar-refractivity contribution in [3.05, 3.63) is 47.3 Å². The van der Waals surface area contributed by atoms with Gasteiger partial charge in [0.05, 0.1) is 26.4 Å². The third-order valence-corrected chi connectivity index (χ3v) is 12.5. The molecule has 4 N–H and O–H groups in total. The summed E-state index contributed by atoms with van der Waals surface area (Å²) in [4.78, 5) is 38.2. The third-order valence-electron chi connectivity index (χ3n) is 12.5. The molecule has 3 aliphatic carbocycles. The highest BCUT2D eigenvalue weighted by Crippen LogP contribution is 2.61. The SMILES string of the molecule is COc1c(-c2cc(C(=O)N[C@@H](CC(C)C)CN(C)C)cc(N(C)C)c2)ccc(F)c1CN1O[C@@H](CO)[C@H]([C@H](C)O)[C@H]1C(=O)N[C@H]1C[C@@H]2C[C@H]([C@@H]1C)C2(C)C. The zero-order chi connectivity index (χ0) is 39.8. The van der Waals surface area contributed by atoms with E-state index in [-0.39, 0.29) is 53.1 Å². The number of nitrogens with zero attached hydrogens (tertiary/aromatic N) is 3. The summed E-state index contributed by atoms with van der Waals surface area (Å²) in [6, 6.07) is 7.44. The zero-order valence-electron chi connectivity index (χ0n) is 34.1. The Morgan fingerprint density at radius 2 is 1.81 bits per heavy atom. The summed E-state index contributed by atoms with van der Waals surface area (Å²) >= 11 is 0. The standard InChI is InChI=1S/C42H64FN5O6/c1-23(2)14-29(20-46(7)8)44-40(51)27-15-26(16-30(17-27)47(9)10)31-12-13-34(43)32(39(31)53-11)21-48-38(37(25(4)50)36(22-49)54-48)41(52)45-35-19-28-18-33(24(35)3)42(28,5)6/h12-13,15-17,23-25,28-29,33,35-38,49-50H,14,18-22H2,1-11H3,(H,44,51)(H,45,52)/t24-,25-,28-,29-,33+,35-,36-,37-,38-/m0/s1.